The van der Waals surface area contributed by atoms with Crippen LogP contribution in [0.4, 0.5) is 0 Å². The number of ether oxygens (including phenoxy) is 3. The molecule has 0 N–H and O–H groups in total. The number of nitrogens with zero attached hydrogens (tertiary/aromatic N) is 1. The van der Waals surface area contributed by atoms with Crippen LogP contribution in [-0.2, 0) is 28.6 Å². The van der Waals surface area contributed by atoms with E-state index in [0.29, 0.717) is 19.3 Å². The lowest BCUT2D eigenvalue weighted by Crippen LogP contribution is -2.20. The van der Waals surface area contributed by atoms with Gasteiger partial charge in [-0.05, 0) is 117 Å². The number of allylic oxidation sites excluding steroid dienone is 4. The van der Waals surface area contributed by atoms with E-state index in [1.54, 1.807) is 0 Å². The van der Waals surface area contributed by atoms with E-state index < -0.39 is 0 Å². The summed E-state index contributed by atoms with van der Waals surface area (Å²) in [5.41, 5.74) is 0. The van der Waals surface area contributed by atoms with Gasteiger partial charge in [-0.1, -0.05) is 114 Å². The van der Waals surface area contributed by atoms with Gasteiger partial charge in [0.15, 0.2) is 0 Å². The van der Waals surface area contributed by atoms with E-state index in [1.165, 1.54) is 103 Å². The van der Waals surface area contributed by atoms with Crippen molar-refractivity contribution < 1.29 is 28.6 Å². The van der Waals surface area contributed by atoms with E-state index in [0.717, 1.165) is 90.0 Å². The second-order valence-corrected chi connectivity index (χ2v) is 15.1. The first-order chi connectivity index (χ1) is 25.0. The monoisotopic (exact) mass is 718 g/mol. The van der Waals surface area contributed by atoms with Gasteiger partial charge in [-0.25, -0.2) is 0 Å². The summed E-state index contributed by atoms with van der Waals surface area (Å²) in [6.07, 6.45) is 43.9. The summed E-state index contributed by atoms with van der Waals surface area (Å²) in [5, 5.41) is 0. The number of cyclic esters (lactones) is 2. The smallest absolute Gasteiger partial charge is 0.308 e. The minimum Gasteiger partial charge on any atom is -0.462 e. The van der Waals surface area contributed by atoms with Gasteiger partial charge in [0.05, 0.1) is 0 Å². The Kier molecular flexibility index (Phi) is 33.3. The van der Waals surface area contributed by atoms with Crippen LogP contribution >= 0.6 is 0 Å². The first-order valence-corrected chi connectivity index (χ1v) is 21.4. The molecule has 0 unspecified atom stereocenters. The molecule has 51 heavy (non-hydrogen) atoms. The Bertz CT molecular complexity index is 829. The molecule has 0 fully saturated rings. The third-order valence-electron chi connectivity index (χ3n) is 9.85. The van der Waals surface area contributed by atoms with Gasteiger partial charge >= 0.3 is 17.9 Å². The zero-order valence-corrected chi connectivity index (χ0v) is 33.3. The Hall–Kier alpha value is -2.15. The Morgan fingerprint density at radius 3 is 1.31 bits per heavy atom. The van der Waals surface area contributed by atoms with Gasteiger partial charge in [0.2, 0.25) is 6.79 Å². The minimum absolute atomic E-state index is 0.0130. The molecule has 0 aliphatic carbocycles. The Balaban J connectivity index is 2.39. The molecule has 1 rings (SSSR count). The van der Waals surface area contributed by atoms with Crippen molar-refractivity contribution in [1.29, 1.82) is 0 Å². The summed E-state index contributed by atoms with van der Waals surface area (Å²) in [6, 6.07) is 0. The maximum Gasteiger partial charge on any atom is 0.308 e. The quantitative estimate of drug-likeness (QED) is 0.207. The molecule has 0 radical (unpaired) electrons. The van der Waals surface area contributed by atoms with Crippen molar-refractivity contribution in [1.82, 2.24) is 4.90 Å². The van der Waals surface area contributed by atoms with E-state index >= 15 is 0 Å². The third-order valence-corrected chi connectivity index (χ3v) is 9.85. The summed E-state index contributed by atoms with van der Waals surface area (Å²) < 4.78 is 16.2. The van der Waals surface area contributed by atoms with Crippen LogP contribution in [0.3, 0.4) is 0 Å². The lowest BCUT2D eigenvalue weighted by molar-refractivity contribution is -0.167. The summed E-state index contributed by atoms with van der Waals surface area (Å²) in [6.45, 7) is 0.670. The SMILES string of the molecule is CN(C)CCCC(=O)OC1CCCCCCCCC=CCCCCCCCC(=O)OCOC(=O)CCCCCCCC=CCCCCCCCC1. The van der Waals surface area contributed by atoms with E-state index in [1.807, 2.05) is 14.1 Å². The number of rotatable bonds is 5. The molecule has 7 nitrogen and oxygen atoms in total. The molecule has 1 heterocycles. The molecule has 0 aromatic heterocycles. The van der Waals surface area contributed by atoms with Gasteiger partial charge in [-0.3, -0.25) is 14.4 Å². The maximum absolute atomic E-state index is 12.6. The molecule has 0 aromatic rings. The molecule has 296 valence electrons. The fraction of sp³-hybridized carbons (Fsp3) is 0.841. The number of hydrogen-bond donors (Lipinski definition) is 0. The molecule has 0 spiro atoms. The molecular weight excluding hydrogens is 638 g/mol. The van der Waals surface area contributed by atoms with Crippen molar-refractivity contribution >= 4 is 17.9 Å². The van der Waals surface area contributed by atoms with Crippen molar-refractivity contribution in [2.45, 2.75) is 212 Å². The lowest BCUT2D eigenvalue weighted by atomic mass is 10.0. The Labute approximate surface area is 314 Å². The van der Waals surface area contributed by atoms with Crippen molar-refractivity contribution in [3.05, 3.63) is 24.3 Å². The maximum atomic E-state index is 12.6. The fourth-order valence-electron chi connectivity index (χ4n) is 6.63. The topological polar surface area (TPSA) is 82.1 Å². The molecule has 0 atom stereocenters. The molecule has 0 bridgehead atoms. The van der Waals surface area contributed by atoms with Crippen molar-refractivity contribution in [2.75, 3.05) is 27.4 Å². The van der Waals surface area contributed by atoms with Gasteiger partial charge in [0, 0.05) is 19.3 Å². The highest BCUT2D eigenvalue weighted by atomic mass is 16.7. The largest absolute Gasteiger partial charge is 0.462 e. The average molecular weight is 718 g/mol. The summed E-state index contributed by atoms with van der Waals surface area (Å²) in [4.78, 5) is 38.5. The number of esters is 3. The Morgan fingerprint density at radius 1 is 0.569 bits per heavy atom. The van der Waals surface area contributed by atoms with Crippen molar-refractivity contribution in [2.24, 2.45) is 0 Å². The van der Waals surface area contributed by atoms with Crippen LogP contribution in [0.5, 0.6) is 0 Å². The zero-order valence-electron chi connectivity index (χ0n) is 33.3. The van der Waals surface area contributed by atoms with Crippen molar-refractivity contribution in [3.63, 3.8) is 0 Å². The van der Waals surface area contributed by atoms with Crippen LogP contribution in [0.15, 0.2) is 24.3 Å². The van der Waals surface area contributed by atoms with Crippen LogP contribution in [0, 0.1) is 0 Å². The highest BCUT2D eigenvalue weighted by Crippen LogP contribution is 2.19. The number of hydrogen-bond acceptors (Lipinski definition) is 7. The lowest BCUT2D eigenvalue weighted by Gasteiger charge is -2.18. The van der Waals surface area contributed by atoms with Gasteiger partial charge in [0.25, 0.3) is 0 Å². The molecule has 0 aromatic carbocycles. The predicted molar refractivity (Wildman–Crippen MR) is 212 cm³/mol. The predicted octanol–water partition coefficient (Wildman–Crippen LogP) is 12.1. The second-order valence-electron chi connectivity index (χ2n) is 15.1. The molecule has 1 aliphatic heterocycles. The van der Waals surface area contributed by atoms with E-state index in [4.69, 9.17) is 14.2 Å². The molecule has 0 amide bonds. The molecule has 0 saturated heterocycles. The molecular formula is C44H79NO6. The van der Waals surface area contributed by atoms with Crippen LogP contribution in [0.2, 0.25) is 0 Å². The van der Waals surface area contributed by atoms with E-state index in [2.05, 4.69) is 29.2 Å². The molecule has 0 saturated carbocycles. The Morgan fingerprint density at radius 2 is 0.922 bits per heavy atom. The second kappa shape index (κ2) is 36.2. The summed E-state index contributed by atoms with van der Waals surface area (Å²) in [5.74, 6) is -0.573. The minimum atomic E-state index is -0.280. The molecule has 7 heteroatoms. The summed E-state index contributed by atoms with van der Waals surface area (Å²) >= 11 is 0. The van der Waals surface area contributed by atoms with Gasteiger partial charge in [-0.15, -0.1) is 0 Å². The first kappa shape index (κ1) is 46.9. The van der Waals surface area contributed by atoms with Crippen molar-refractivity contribution in [3.8, 4) is 0 Å². The molecule has 1 aliphatic rings. The van der Waals surface area contributed by atoms with E-state index in [-0.39, 0.29) is 30.8 Å². The van der Waals surface area contributed by atoms with Crippen LogP contribution in [0.25, 0.3) is 0 Å². The fourth-order valence-corrected chi connectivity index (χ4v) is 6.63. The van der Waals surface area contributed by atoms with Crippen LogP contribution in [-0.4, -0.2) is 56.3 Å². The third kappa shape index (κ3) is 34.7. The normalized spacial score (nSPS) is 22.0. The number of carbonyl (C=O) groups is 3. The van der Waals surface area contributed by atoms with Crippen LogP contribution in [0.1, 0.15) is 205 Å². The highest BCUT2D eigenvalue weighted by Gasteiger charge is 2.14. The highest BCUT2D eigenvalue weighted by molar-refractivity contribution is 5.71. The van der Waals surface area contributed by atoms with Gasteiger partial charge in [0.1, 0.15) is 6.10 Å². The standard InChI is InChI=1S/C44H79NO6/c1-45(2)39-33-38-44(48)51-41-34-29-25-21-17-13-9-5-3-7-11-15-19-23-27-31-36-42(46)49-40-50-43(47)37-32-28-24-20-16-12-8-4-6-10-14-18-22-26-30-35-41/h3-4,7-8,41H,5-6,9-40H2,1-2H3. The zero-order chi connectivity index (χ0) is 36.9. The van der Waals surface area contributed by atoms with Gasteiger partial charge in [-0.2, -0.15) is 0 Å². The summed E-state index contributed by atoms with van der Waals surface area (Å²) in [7, 11) is 4.10. The first-order valence-electron chi connectivity index (χ1n) is 21.4. The van der Waals surface area contributed by atoms with Gasteiger partial charge < -0.3 is 19.1 Å². The number of carbonyl (C=O) groups excluding carboxylic acids is 3. The average Bonchev–Trinajstić information content (AvgIpc) is 3.10. The van der Waals surface area contributed by atoms with Crippen LogP contribution < -0.4 is 0 Å². The van der Waals surface area contributed by atoms with E-state index in [9.17, 15) is 14.4 Å².